The number of nitrogens with zero attached hydrogens (tertiary/aromatic N) is 3. The van der Waals surface area contributed by atoms with Crippen LogP contribution in [0, 0.1) is 5.82 Å². The zero-order chi connectivity index (χ0) is 24.5. The van der Waals surface area contributed by atoms with Gasteiger partial charge in [0.1, 0.15) is 5.82 Å². The second-order valence-corrected chi connectivity index (χ2v) is 9.22. The van der Waals surface area contributed by atoms with Crippen LogP contribution in [-0.2, 0) is 30.7 Å². The lowest BCUT2D eigenvalue weighted by molar-refractivity contribution is -0.140. The van der Waals surface area contributed by atoms with E-state index in [9.17, 15) is 9.18 Å². The molecule has 7 heteroatoms. The van der Waals surface area contributed by atoms with Gasteiger partial charge in [-0.05, 0) is 60.2 Å². The van der Waals surface area contributed by atoms with Gasteiger partial charge in [0.25, 0.3) is 0 Å². The molecule has 3 aromatic rings. The lowest BCUT2D eigenvalue weighted by atomic mass is 9.89. The average molecular weight is 476 g/mol. The minimum Gasteiger partial charge on any atom is -0.493 e. The second kappa shape index (κ2) is 9.66. The van der Waals surface area contributed by atoms with Crippen LogP contribution in [0.1, 0.15) is 40.8 Å². The maximum atomic E-state index is 14.5. The van der Waals surface area contributed by atoms with Crippen LogP contribution in [0.25, 0.3) is 0 Å². The predicted octanol–water partition coefficient (Wildman–Crippen LogP) is 4.31. The van der Waals surface area contributed by atoms with Crippen molar-refractivity contribution in [2.75, 3.05) is 20.8 Å². The first kappa shape index (κ1) is 23.3. The first-order valence-electron chi connectivity index (χ1n) is 11.9. The molecule has 2 aliphatic rings. The first-order chi connectivity index (χ1) is 17.0. The SMILES string of the molecule is COc1cc2c(cc1OC)[C@@H](C)N(C(=O)[C@@H]1Cc3ccccc3CN1Cc1ccncc1F)CC2. The zero-order valence-corrected chi connectivity index (χ0v) is 20.3. The maximum absolute atomic E-state index is 14.5. The monoisotopic (exact) mass is 475 g/mol. The number of amides is 1. The van der Waals surface area contributed by atoms with Crippen LogP contribution in [0.4, 0.5) is 4.39 Å². The van der Waals surface area contributed by atoms with Gasteiger partial charge in [0.2, 0.25) is 5.91 Å². The van der Waals surface area contributed by atoms with Crippen molar-refractivity contribution >= 4 is 5.91 Å². The Morgan fingerprint density at radius 2 is 1.83 bits per heavy atom. The summed E-state index contributed by atoms with van der Waals surface area (Å²) in [7, 11) is 3.25. The quantitative estimate of drug-likeness (QED) is 0.551. The summed E-state index contributed by atoms with van der Waals surface area (Å²) >= 11 is 0. The summed E-state index contributed by atoms with van der Waals surface area (Å²) < 4.78 is 25.5. The number of aromatic nitrogens is 1. The molecule has 2 atom stereocenters. The molecule has 1 aromatic heterocycles. The Hall–Kier alpha value is -3.45. The highest BCUT2D eigenvalue weighted by Gasteiger charge is 2.38. The fourth-order valence-corrected chi connectivity index (χ4v) is 5.38. The standard InChI is InChI=1S/C28H30FN3O3/c1-18-23-14-27(35-3)26(34-2)13-20(23)9-11-32(18)28(33)25-12-19-6-4-5-7-21(19)16-31(25)17-22-8-10-30-15-24(22)29/h4-8,10,13-15,18,25H,9,11-12,16-17H2,1-3H3/t18-,25+/m1/s1. The molecular weight excluding hydrogens is 445 g/mol. The molecule has 0 bridgehead atoms. The number of carbonyl (C=O) groups is 1. The summed E-state index contributed by atoms with van der Waals surface area (Å²) in [5, 5.41) is 0. The predicted molar refractivity (Wildman–Crippen MR) is 131 cm³/mol. The van der Waals surface area contributed by atoms with Gasteiger partial charge in [-0.2, -0.15) is 0 Å². The Balaban J connectivity index is 1.46. The fourth-order valence-electron chi connectivity index (χ4n) is 5.38. The Labute approximate surface area is 205 Å². The molecule has 2 aliphatic heterocycles. The van der Waals surface area contributed by atoms with E-state index in [0.717, 1.165) is 12.0 Å². The largest absolute Gasteiger partial charge is 0.493 e. The Kier molecular flexibility index (Phi) is 6.43. The molecule has 0 unspecified atom stereocenters. The van der Waals surface area contributed by atoms with Crippen LogP contribution < -0.4 is 9.47 Å². The van der Waals surface area contributed by atoms with Crippen LogP contribution >= 0.6 is 0 Å². The summed E-state index contributed by atoms with van der Waals surface area (Å²) in [4.78, 5) is 22.0. The number of rotatable bonds is 5. The number of ether oxygens (including phenoxy) is 2. The summed E-state index contributed by atoms with van der Waals surface area (Å²) in [6.45, 7) is 3.63. The third kappa shape index (κ3) is 4.36. The minimum absolute atomic E-state index is 0.0712. The number of methoxy groups -OCH3 is 2. The highest BCUT2D eigenvalue weighted by Crippen LogP contribution is 2.39. The molecule has 0 saturated heterocycles. The number of halogens is 1. The van der Waals surface area contributed by atoms with E-state index in [-0.39, 0.29) is 23.8 Å². The molecule has 0 N–H and O–H groups in total. The lowest BCUT2D eigenvalue weighted by Gasteiger charge is -2.42. The Morgan fingerprint density at radius 1 is 1.09 bits per heavy atom. The van der Waals surface area contributed by atoms with E-state index in [1.54, 1.807) is 26.5 Å². The van der Waals surface area contributed by atoms with Crippen LogP contribution in [0.3, 0.4) is 0 Å². The first-order valence-corrected chi connectivity index (χ1v) is 11.9. The fraction of sp³-hybridized carbons (Fsp3) is 0.357. The van der Waals surface area contributed by atoms with E-state index < -0.39 is 0 Å². The molecule has 3 heterocycles. The van der Waals surface area contributed by atoms with Crippen LogP contribution in [0.5, 0.6) is 11.5 Å². The van der Waals surface area contributed by atoms with Gasteiger partial charge in [-0.15, -0.1) is 0 Å². The molecule has 5 rings (SSSR count). The smallest absolute Gasteiger partial charge is 0.240 e. The van der Waals surface area contributed by atoms with E-state index in [0.29, 0.717) is 43.1 Å². The van der Waals surface area contributed by atoms with Gasteiger partial charge in [-0.1, -0.05) is 24.3 Å². The number of carbonyl (C=O) groups excluding carboxylic acids is 1. The molecule has 0 saturated carbocycles. The van der Waals surface area contributed by atoms with Crippen molar-refractivity contribution in [1.29, 1.82) is 0 Å². The molecular formula is C28H30FN3O3. The van der Waals surface area contributed by atoms with E-state index in [4.69, 9.17) is 9.47 Å². The second-order valence-electron chi connectivity index (χ2n) is 9.22. The molecule has 0 radical (unpaired) electrons. The van der Waals surface area contributed by atoms with Gasteiger partial charge in [-0.3, -0.25) is 14.7 Å². The average Bonchev–Trinajstić information content (AvgIpc) is 2.88. The topological polar surface area (TPSA) is 54.9 Å². The van der Waals surface area contributed by atoms with Crippen molar-refractivity contribution in [3.63, 3.8) is 0 Å². The number of hydrogen-bond acceptors (Lipinski definition) is 5. The van der Waals surface area contributed by atoms with Crippen molar-refractivity contribution in [2.45, 2.75) is 44.9 Å². The maximum Gasteiger partial charge on any atom is 0.240 e. The van der Waals surface area contributed by atoms with Gasteiger partial charge in [-0.25, -0.2) is 4.39 Å². The number of hydrogen-bond donors (Lipinski definition) is 0. The molecule has 0 fully saturated rings. The number of fused-ring (bicyclic) bond motifs is 2. The van der Waals surface area contributed by atoms with Crippen LogP contribution in [-0.4, -0.2) is 47.5 Å². The summed E-state index contributed by atoms with van der Waals surface area (Å²) in [5.41, 5.74) is 5.15. The third-order valence-electron chi connectivity index (χ3n) is 7.33. The third-order valence-corrected chi connectivity index (χ3v) is 7.33. The highest BCUT2D eigenvalue weighted by molar-refractivity contribution is 5.83. The van der Waals surface area contributed by atoms with E-state index >= 15 is 0 Å². The molecule has 0 spiro atoms. The molecule has 35 heavy (non-hydrogen) atoms. The highest BCUT2D eigenvalue weighted by atomic mass is 19.1. The number of benzene rings is 2. The van der Waals surface area contributed by atoms with Gasteiger partial charge in [0.05, 0.1) is 32.5 Å². The van der Waals surface area contributed by atoms with Crippen molar-refractivity contribution in [3.05, 3.63) is 88.5 Å². The molecule has 1 amide bonds. The van der Waals surface area contributed by atoms with E-state index in [1.165, 1.54) is 22.9 Å². The molecule has 2 aromatic carbocycles. The van der Waals surface area contributed by atoms with Gasteiger partial charge < -0.3 is 14.4 Å². The van der Waals surface area contributed by atoms with Crippen LogP contribution in [0.2, 0.25) is 0 Å². The van der Waals surface area contributed by atoms with Gasteiger partial charge in [0, 0.05) is 31.4 Å². The van der Waals surface area contributed by atoms with Crippen molar-refractivity contribution in [2.24, 2.45) is 0 Å². The normalized spacial score (nSPS) is 19.6. The molecule has 6 nitrogen and oxygen atoms in total. The van der Waals surface area contributed by atoms with Crippen molar-refractivity contribution in [1.82, 2.24) is 14.8 Å². The number of pyridine rings is 1. The summed E-state index contributed by atoms with van der Waals surface area (Å²) in [6, 6.07) is 13.4. The molecule has 0 aliphatic carbocycles. The van der Waals surface area contributed by atoms with Gasteiger partial charge >= 0.3 is 0 Å². The van der Waals surface area contributed by atoms with Crippen molar-refractivity contribution < 1.29 is 18.7 Å². The van der Waals surface area contributed by atoms with Gasteiger partial charge in [0.15, 0.2) is 11.5 Å². The van der Waals surface area contributed by atoms with E-state index in [2.05, 4.69) is 28.9 Å². The zero-order valence-electron chi connectivity index (χ0n) is 20.3. The summed E-state index contributed by atoms with van der Waals surface area (Å²) in [5.74, 6) is 1.09. The Morgan fingerprint density at radius 3 is 2.57 bits per heavy atom. The molecule has 182 valence electrons. The summed E-state index contributed by atoms with van der Waals surface area (Å²) in [6.07, 6.45) is 4.17. The minimum atomic E-state index is -0.374. The van der Waals surface area contributed by atoms with E-state index in [1.807, 2.05) is 29.2 Å². The van der Waals surface area contributed by atoms with Crippen molar-refractivity contribution in [3.8, 4) is 11.5 Å². The lowest BCUT2D eigenvalue weighted by Crippen LogP contribution is -2.53. The van der Waals surface area contributed by atoms with Crippen LogP contribution in [0.15, 0.2) is 54.9 Å². The Bertz CT molecular complexity index is 1250.